The molecule has 0 spiro atoms. The van der Waals surface area contributed by atoms with Crippen LogP contribution in [0.5, 0.6) is 0 Å². The number of esters is 1. The maximum Gasteiger partial charge on any atom is 0.343 e. The molecule has 0 atom stereocenters. The van der Waals surface area contributed by atoms with Gasteiger partial charge in [-0.1, -0.05) is 0 Å². The van der Waals surface area contributed by atoms with Crippen molar-refractivity contribution in [3.05, 3.63) is 29.8 Å². The largest absolute Gasteiger partial charge is 0.462 e. The molecule has 0 radical (unpaired) electrons. The van der Waals surface area contributed by atoms with E-state index in [2.05, 4.69) is 35.3 Å². The Bertz CT molecular complexity index is 1100. The Kier molecular flexibility index (Phi) is 5.80. The van der Waals surface area contributed by atoms with Crippen LogP contribution < -0.4 is 10.2 Å². The summed E-state index contributed by atoms with van der Waals surface area (Å²) in [5.74, 6) is 1.14. The van der Waals surface area contributed by atoms with Crippen LogP contribution in [0.4, 0.5) is 11.6 Å². The number of aryl methyl sites for hydroxylation is 2. The van der Waals surface area contributed by atoms with Gasteiger partial charge in [0.15, 0.2) is 0 Å². The molecule has 1 aliphatic rings. The summed E-state index contributed by atoms with van der Waals surface area (Å²) < 4.78 is 8.21. The molecule has 0 unspecified atom stereocenters. The Morgan fingerprint density at radius 1 is 1.19 bits per heavy atom. The summed E-state index contributed by atoms with van der Waals surface area (Å²) >= 11 is 0. The molecule has 1 saturated heterocycles. The predicted molar refractivity (Wildman–Crippen MR) is 112 cm³/mol. The van der Waals surface area contributed by atoms with Crippen molar-refractivity contribution < 1.29 is 14.3 Å². The van der Waals surface area contributed by atoms with Gasteiger partial charge in [0, 0.05) is 45.0 Å². The van der Waals surface area contributed by atoms with Gasteiger partial charge in [-0.15, -0.1) is 0 Å². The highest BCUT2D eigenvalue weighted by Crippen LogP contribution is 2.18. The van der Waals surface area contributed by atoms with Crippen molar-refractivity contribution >= 4 is 29.3 Å². The number of nitrogens with zero attached hydrogens (tertiary/aromatic N) is 8. The zero-order valence-corrected chi connectivity index (χ0v) is 17.8. The normalized spacial score (nSPS) is 14.7. The van der Waals surface area contributed by atoms with E-state index in [1.807, 2.05) is 13.0 Å². The minimum absolute atomic E-state index is 0.207. The zero-order valence-electron chi connectivity index (χ0n) is 17.8. The molecular weight excluding hydrogens is 402 g/mol. The van der Waals surface area contributed by atoms with E-state index >= 15 is 0 Å². The number of aromatic nitrogens is 6. The first kappa shape index (κ1) is 20.7. The highest BCUT2D eigenvalue weighted by Gasteiger charge is 2.24. The summed E-state index contributed by atoms with van der Waals surface area (Å²) in [5.41, 5.74) is 1.12. The molecule has 0 aromatic carbocycles. The summed E-state index contributed by atoms with van der Waals surface area (Å²) in [6, 6.07) is 1.99. The van der Waals surface area contributed by atoms with Crippen LogP contribution in [0.2, 0.25) is 0 Å². The van der Waals surface area contributed by atoms with Gasteiger partial charge in [-0.3, -0.25) is 14.4 Å². The molecule has 12 heteroatoms. The number of carbonyl (C=O) groups excluding carboxylic acids is 2. The number of nitrogens with one attached hydrogen (secondary N) is 1. The van der Waals surface area contributed by atoms with E-state index in [-0.39, 0.29) is 24.6 Å². The molecule has 1 fully saturated rings. The lowest BCUT2D eigenvalue weighted by molar-refractivity contribution is -0.117. The fourth-order valence-corrected chi connectivity index (χ4v) is 3.59. The van der Waals surface area contributed by atoms with Gasteiger partial charge < -0.3 is 15.0 Å². The number of piperazine rings is 1. The molecule has 1 amide bonds. The molecule has 1 aliphatic heterocycles. The predicted octanol–water partition coefficient (Wildman–Crippen LogP) is 0.104. The third kappa shape index (κ3) is 4.33. The van der Waals surface area contributed by atoms with E-state index < -0.39 is 5.97 Å². The van der Waals surface area contributed by atoms with Crippen LogP contribution in [0.3, 0.4) is 0 Å². The summed E-state index contributed by atoms with van der Waals surface area (Å²) in [7, 11) is 1.67. The van der Waals surface area contributed by atoms with Crippen LogP contribution in [0.25, 0.3) is 5.78 Å². The standard InChI is InChI=1S/C19H25N9O3/c1-4-31-18(30)14-10-21-25(3)17(14)24-15(29)11-26-5-7-27(8-6-26)16-9-13(2)23-19-20-12-22-28(16)19/h9-10,12H,4-8,11H2,1-3H3,(H,24,29). The van der Waals surface area contributed by atoms with Crippen LogP contribution in [-0.2, 0) is 16.6 Å². The first-order valence-electron chi connectivity index (χ1n) is 10.1. The number of hydrogen-bond donors (Lipinski definition) is 1. The molecule has 12 nitrogen and oxygen atoms in total. The van der Waals surface area contributed by atoms with Crippen molar-refractivity contribution in [3.63, 3.8) is 0 Å². The molecule has 3 aromatic heterocycles. The molecule has 4 rings (SSSR count). The van der Waals surface area contributed by atoms with E-state index in [0.29, 0.717) is 24.7 Å². The lowest BCUT2D eigenvalue weighted by Gasteiger charge is -2.35. The number of amides is 1. The lowest BCUT2D eigenvalue weighted by atomic mass is 10.3. The number of anilines is 2. The Balaban J connectivity index is 1.36. The monoisotopic (exact) mass is 427 g/mol. The van der Waals surface area contributed by atoms with E-state index in [1.165, 1.54) is 17.2 Å². The maximum absolute atomic E-state index is 12.6. The van der Waals surface area contributed by atoms with Crippen molar-refractivity contribution in [1.82, 2.24) is 34.3 Å². The summed E-state index contributed by atoms with van der Waals surface area (Å²) in [4.78, 5) is 37.5. The third-order valence-electron chi connectivity index (χ3n) is 5.12. The van der Waals surface area contributed by atoms with Crippen molar-refractivity contribution in [2.45, 2.75) is 13.8 Å². The number of hydrogen-bond acceptors (Lipinski definition) is 9. The molecule has 1 N–H and O–H groups in total. The molecule has 3 aromatic rings. The van der Waals surface area contributed by atoms with Gasteiger partial charge in [-0.05, 0) is 13.8 Å². The zero-order chi connectivity index (χ0) is 22.0. The van der Waals surface area contributed by atoms with Gasteiger partial charge in [-0.25, -0.2) is 9.78 Å². The van der Waals surface area contributed by atoms with E-state index in [4.69, 9.17) is 4.74 Å². The highest BCUT2D eigenvalue weighted by molar-refractivity contribution is 6.00. The first-order chi connectivity index (χ1) is 15.0. The molecule has 164 valence electrons. The van der Waals surface area contributed by atoms with Crippen molar-refractivity contribution in [1.29, 1.82) is 0 Å². The van der Waals surface area contributed by atoms with Crippen LogP contribution in [0.15, 0.2) is 18.6 Å². The van der Waals surface area contributed by atoms with E-state index in [9.17, 15) is 9.59 Å². The molecule has 0 saturated carbocycles. The van der Waals surface area contributed by atoms with Crippen LogP contribution >= 0.6 is 0 Å². The van der Waals surface area contributed by atoms with E-state index in [0.717, 1.165) is 24.6 Å². The average Bonchev–Trinajstić information content (AvgIpc) is 3.35. The highest BCUT2D eigenvalue weighted by atomic mass is 16.5. The van der Waals surface area contributed by atoms with Crippen LogP contribution in [0, 0.1) is 6.92 Å². The summed E-state index contributed by atoms with van der Waals surface area (Å²) in [5, 5.41) is 11.1. The van der Waals surface area contributed by atoms with Gasteiger partial charge in [0.05, 0.1) is 19.3 Å². The second kappa shape index (κ2) is 8.68. The first-order valence-corrected chi connectivity index (χ1v) is 10.1. The number of fused-ring (bicyclic) bond motifs is 1. The Morgan fingerprint density at radius 3 is 2.71 bits per heavy atom. The lowest BCUT2D eigenvalue weighted by Crippen LogP contribution is -2.49. The smallest absolute Gasteiger partial charge is 0.343 e. The molecule has 31 heavy (non-hydrogen) atoms. The Labute approximate surface area is 178 Å². The minimum Gasteiger partial charge on any atom is -0.462 e. The van der Waals surface area contributed by atoms with Crippen LogP contribution in [-0.4, -0.2) is 85.5 Å². The van der Waals surface area contributed by atoms with Gasteiger partial charge in [0.2, 0.25) is 5.91 Å². The fourth-order valence-electron chi connectivity index (χ4n) is 3.59. The van der Waals surface area contributed by atoms with Crippen LogP contribution in [0.1, 0.15) is 23.0 Å². The topological polar surface area (TPSA) is 123 Å². The van der Waals surface area contributed by atoms with Crippen molar-refractivity contribution in [3.8, 4) is 0 Å². The van der Waals surface area contributed by atoms with Gasteiger partial charge in [0.25, 0.3) is 5.78 Å². The average molecular weight is 427 g/mol. The molecule has 0 bridgehead atoms. The van der Waals surface area contributed by atoms with Gasteiger partial charge in [0.1, 0.15) is 23.5 Å². The van der Waals surface area contributed by atoms with E-state index in [1.54, 1.807) is 18.5 Å². The molecular formula is C19H25N9O3. The molecule has 0 aliphatic carbocycles. The summed E-state index contributed by atoms with van der Waals surface area (Å²) in [6.07, 6.45) is 2.89. The Hall–Kier alpha value is -3.54. The van der Waals surface area contributed by atoms with Crippen molar-refractivity contribution in [2.24, 2.45) is 7.05 Å². The minimum atomic E-state index is -0.508. The second-order valence-corrected chi connectivity index (χ2v) is 7.29. The Morgan fingerprint density at radius 2 is 1.97 bits per heavy atom. The van der Waals surface area contributed by atoms with Crippen molar-refractivity contribution in [2.75, 3.05) is 49.5 Å². The number of carbonyl (C=O) groups is 2. The second-order valence-electron chi connectivity index (χ2n) is 7.29. The summed E-state index contributed by atoms with van der Waals surface area (Å²) in [6.45, 7) is 7.03. The quantitative estimate of drug-likeness (QED) is 0.546. The number of ether oxygens (including phenoxy) is 1. The SMILES string of the molecule is CCOC(=O)c1cnn(C)c1NC(=O)CN1CCN(c2cc(C)nc3ncnn23)CC1. The maximum atomic E-state index is 12.6. The van der Waals surface area contributed by atoms with Gasteiger partial charge in [-0.2, -0.15) is 19.7 Å². The fraction of sp³-hybridized carbons (Fsp3) is 0.474. The number of rotatable bonds is 6. The molecule has 4 heterocycles. The van der Waals surface area contributed by atoms with Gasteiger partial charge >= 0.3 is 5.97 Å². The third-order valence-corrected chi connectivity index (χ3v) is 5.12.